The third-order valence-electron chi connectivity index (χ3n) is 2.89. The van der Waals surface area contributed by atoms with E-state index in [-0.39, 0.29) is 17.6 Å². The van der Waals surface area contributed by atoms with Gasteiger partial charge in [0, 0.05) is 11.7 Å². The normalized spacial score (nSPS) is 16.8. The molecular formula is C13H15F3N2O. The minimum Gasteiger partial charge on any atom is -0.374 e. The Balaban J connectivity index is 1.99. The fraction of sp³-hybridized carbons (Fsp3) is 0.462. The average molecular weight is 272 g/mol. The maximum absolute atomic E-state index is 12.5. The lowest BCUT2D eigenvalue weighted by Crippen LogP contribution is -2.38. The van der Waals surface area contributed by atoms with Gasteiger partial charge in [0.25, 0.3) is 0 Å². The van der Waals surface area contributed by atoms with E-state index < -0.39 is 17.8 Å². The molecule has 1 atom stereocenters. The number of hydrogen-bond donors (Lipinski definition) is 2. The Kier molecular flexibility index (Phi) is 3.68. The SMILES string of the molecule is CC(Nc1cccc(C(F)(F)F)c1)C(=O)NC1CC1. The van der Waals surface area contributed by atoms with Crippen molar-refractivity contribution in [2.24, 2.45) is 0 Å². The predicted molar refractivity (Wildman–Crippen MR) is 65.7 cm³/mol. The summed E-state index contributed by atoms with van der Waals surface area (Å²) < 4.78 is 37.6. The Morgan fingerprint density at radius 1 is 1.37 bits per heavy atom. The maximum Gasteiger partial charge on any atom is 0.416 e. The largest absolute Gasteiger partial charge is 0.416 e. The fourth-order valence-corrected chi connectivity index (χ4v) is 1.65. The van der Waals surface area contributed by atoms with E-state index in [2.05, 4.69) is 10.6 Å². The molecule has 1 aromatic carbocycles. The first kappa shape index (κ1) is 13.7. The first-order valence-corrected chi connectivity index (χ1v) is 6.10. The molecule has 1 aliphatic rings. The third kappa shape index (κ3) is 3.87. The van der Waals surface area contributed by atoms with Crippen molar-refractivity contribution in [2.75, 3.05) is 5.32 Å². The van der Waals surface area contributed by atoms with Gasteiger partial charge in [-0.15, -0.1) is 0 Å². The Morgan fingerprint density at radius 3 is 2.63 bits per heavy atom. The van der Waals surface area contributed by atoms with Gasteiger partial charge in [0.15, 0.2) is 0 Å². The molecule has 0 heterocycles. The van der Waals surface area contributed by atoms with Crippen LogP contribution in [0.1, 0.15) is 25.3 Å². The molecule has 19 heavy (non-hydrogen) atoms. The van der Waals surface area contributed by atoms with E-state index in [1.54, 1.807) is 6.92 Å². The summed E-state index contributed by atoms with van der Waals surface area (Å²) in [4.78, 5) is 11.7. The molecule has 0 aliphatic heterocycles. The van der Waals surface area contributed by atoms with E-state index in [0.29, 0.717) is 0 Å². The van der Waals surface area contributed by atoms with Crippen molar-refractivity contribution in [3.8, 4) is 0 Å². The molecule has 1 amide bonds. The van der Waals surface area contributed by atoms with E-state index >= 15 is 0 Å². The van der Waals surface area contributed by atoms with Gasteiger partial charge in [-0.2, -0.15) is 13.2 Å². The highest BCUT2D eigenvalue weighted by Crippen LogP contribution is 2.30. The number of alkyl halides is 3. The van der Waals surface area contributed by atoms with Crippen molar-refractivity contribution >= 4 is 11.6 Å². The second-order valence-corrected chi connectivity index (χ2v) is 4.73. The number of anilines is 1. The number of nitrogens with one attached hydrogen (secondary N) is 2. The van der Waals surface area contributed by atoms with Gasteiger partial charge < -0.3 is 10.6 Å². The van der Waals surface area contributed by atoms with Crippen LogP contribution < -0.4 is 10.6 Å². The first-order valence-electron chi connectivity index (χ1n) is 6.10. The molecule has 2 N–H and O–H groups in total. The van der Waals surface area contributed by atoms with E-state index in [9.17, 15) is 18.0 Å². The summed E-state index contributed by atoms with van der Waals surface area (Å²) in [5.74, 6) is -0.195. The van der Waals surface area contributed by atoms with Crippen LogP contribution in [0.3, 0.4) is 0 Å². The summed E-state index contributed by atoms with van der Waals surface area (Å²) in [6.45, 7) is 1.62. The van der Waals surface area contributed by atoms with Crippen LogP contribution in [0, 0.1) is 0 Å². The molecule has 0 aromatic heterocycles. The zero-order valence-corrected chi connectivity index (χ0v) is 10.4. The number of amides is 1. The van der Waals surface area contributed by atoms with Crippen LogP contribution in [0.5, 0.6) is 0 Å². The molecule has 2 rings (SSSR count). The number of carbonyl (C=O) groups is 1. The van der Waals surface area contributed by atoms with E-state index in [0.717, 1.165) is 25.0 Å². The van der Waals surface area contributed by atoms with E-state index in [1.165, 1.54) is 12.1 Å². The summed E-state index contributed by atoms with van der Waals surface area (Å²) in [5.41, 5.74) is -0.444. The molecule has 0 bridgehead atoms. The Bertz CT molecular complexity index is 469. The van der Waals surface area contributed by atoms with Crippen molar-refractivity contribution in [1.29, 1.82) is 0 Å². The number of rotatable bonds is 4. The zero-order chi connectivity index (χ0) is 14.0. The number of benzene rings is 1. The Hall–Kier alpha value is -1.72. The van der Waals surface area contributed by atoms with Gasteiger partial charge in [-0.05, 0) is 38.0 Å². The highest BCUT2D eigenvalue weighted by molar-refractivity contribution is 5.84. The molecule has 1 saturated carbocycles. The number of halogens is 3. The molecule has 1 aromatic rings. The second kappa shape index (κ2) is 5.11. The topological polar surface area (TPSA) is 41.1 Å². The van der Waals surface area contributed by atoms with Gasteiger partial charge in [0.2, 0.25) is 5.91 Å². The van der Waals surface area contributed by atoms with Gasteiger partial charge >= 0.3 is 6.18 Å². The highest BCUT2D eigenvalue weighted by Gasteiger charge is 2.30. The smallest absolute Gasteiger partial charge is 0.374 e. The molecule has 104 valence electrons. The quantitative estimate of drug-likeness (QED) is 0.885. The van der Waals surface area contributed by atoms with E-state index in [1.807, 2.05) is 0 Å². The van der Waals surface area contributed by atoms with Gasteiger partial charge in [0.1, 0.15) is 6.04 Å². The molecule has 1 aliphatic carbocycles. The third-order valence-corrected chi connectivity index (χ3v) is 2.89. The second-order valence-electron chi connectivity index (χ2n) is 4.73. The van der Waals surface area contributed by atoms with Crippen LogP contribution >= 0.6 is 0 Å². The lowest BCUT2D eigenvalue weighted by atomic mass is 10.2. The molecular weight excluding hydrogens is 257 g/mol. The number of carbonyl (C=O) groups excluding carboxylic acids is 1. The fourth-order valence-electron chi connectivity index (χ4n) is 1.65. The average Bonchev–Trinajstić information content (AvgIpc) is 3.12. The van der Waals surface area contributed by atoms with Crippen molar-refractivity contribution < 1.29 is 18.0 Å². The summed E-state index contributed by atoms with van der Waals surface area (Å²) in [6, 6.07) is 4.50. The minimum atomic E-state index is -4.38. The number of hydrogen-bond acceptors (Lipinski definition) is 2. The summed E-state index contributed by atoms with van der Waals surface area (Å²) in [5, 5.41) is 5.57. The van der Waals surface area contributed by atoms with Crippen molar-refractivity contribution in [2.45, 2.75) is 38.0 Å². The highest BCUT2D eigenvalue weighted by atomic mass is 19.4. The minimum absolute atomic E-state index is 0.195. The summed E-state index contributed by atoms with van der Waals surface area (Å²) in [6.07, 6.45) is -2.43. The Morgan fingerprint density at radius 2 is 2.05 bits per heavy atom. The van der Waals surface area contributed by atoms with Gasteiger partial charge in [-0.1, -0.05) is 6.07 Å². The predicted octanol–water partition coefficient (Wildman–Crippen LogP) is 2.78. The van der Waals surface area contributed by atoms with Crippen LogP contribution in [0.4, 0.5) is 18.9 Å². The molecule has 1 fully saturated rings. The zero-order valence-electron chi connectivity index (χ0n) is 10.4. The van der Waals surface area contributed by atoms with Gasteiger partial charge in [-0.25, -0.2) is 0 Å². The summed E-state index contributed by atoms with van der Waals surface area (Å²) in [7, 11) is 0. The first-order chi connectivity index (χ1) is 8.86. The summed E-state index contributed by atoms with van der Waals surface area (Å²) >= 11 is 0. The molecule has 6 heteroatoms. The van der Waals surface area contributed by atoms with Crippen LogP contribution in [0.2, 0.25) is 0 Å². The van der Waals surface area contributed by atoms with Crippen LogP contribution in [0.25, 0.3) is 0 Å². The van der Waals surface area contributed by atoms with Crippen molar-refractivity contribution in [1.82, 2.24) is 5.32 Å². The lowest BCUT2D eigenvalue weighted by Gasteiger charge is -2.16. The maximum atomic E-state index is 12.5. The Labute approximate surface area is 109 Å². The van der Waals surface area contributed by atoms with Crippen molar-refractivity contribution in [3.05, 3.63) is 29.8 Å². The van der Waals surface area contributed by atoms with Gasteiger partial charge in [0.05, 0.1) is 5.56 Å². The molecule has 0 radical (unpaired) electrons. The monoisotopic (exact) mass is 272 g/mol. The van der Waals surface area contributed by atoms with Crippen molar-refractivity contribution in [3.63, 3.8) is 0 Å². The molecule has 0 spiro atoms. The molecule has 3 nitrogen and oxygen atoms in total. The lowest BCUT2D eigenvalue weighted by molar-refractivity contribution is -0.137. The van der Waals surface area contributed by atoms with Crippen LogP contribution in [-0.2, 0) is 11.0 Å². The molecule has 1 unspecified atom stereocenters. The standard InChI is InChI=1S/C13H15F3N2O/c1-8(12(19)18-10-5-6-10)17-11-4-2-3-9(7-11)13(14,15)16/h2-4,7-8,10,17H,5-6H2,1H3,(H,18,19). The molecule has 0 saturated heterocycles. The van der Waals surface area contributed by atoms with Gasteiger partial charge in [-0.3, -0.25) is 4.79 Å². The van der Waals surface area contributed by atoms with Crippen LogP contribution in [0.15, 0.2) is 24.3 Å². The van der Waals surface area contributed by atoms with Crippen LogP contribution in [-0.4, -0.2) is 18.0 Å². The van der Waals surface area contributed by atoms with E-state index in [4.69, 9.17) is 0 Å².